The first kappa shape index (κ1) is 20.2. The molecule has 0 aliphatic carbocycles. The van der Waals surface area contributed by atoms with Gasteiger partial charge in [0.2, 0.25) is 5.91 Å². The first-order valence-electron chi connectivity index (χ1n) is 7.69. The molecule has 4 heteroatoms. The Morgan fingerprint density at radius 3 is 2.12 bits per heavy atom. The Morgan fingerprint density at radius 1 is 1.04 bits per heavy atom. The monoisotopic (exact) mass is 357 g/mol. The second-order valence-corrected chi connectivity index (χ2v) is 6.13. The van der Waals surface area contributed by atoms with Crippen molar-refractivity contribution in [3.8, 4) is 11.8 Å². The van der Waals surface area contributed by atoms with Crippen LogP contribution in [-0.4, -0.2) is 18.2 Å². The maximum atomic E-state index is 11.3. The average Bonchev–Trinajstić information content (AvgIpc) is 2.64. The predicted molar refractivity (Wildman–Crippen MR) is 108 cm³/mol. The van der Waals surface area contributed by atoms with Crippen LogP contribution in [-0.2, 0) is 16.3 Å². The van der Waals surface area contributed by atoms with Gasteiger partial charge in [-0.05, 0) is 18.1 Å². The molecule has 0 aromatic heterocycles. The molecule has 0 aliphatic heterocycles. The maximum Gasteiger partial charge on any atom is 0.230 e. The van der Waals surface area contributed by atoms with Crippen LogP contribution >= 0.6 is 24.4 Å². The molecular weight excluding hydrogens is 334 g/mol. The molecule has 0 spiro atoms. The molecular formula is C20H23NOS2. The third-order valence-corrected chi connectivity index (χ3v) is 4.29. The zero-order chi connectivity index (χ0) is 17.5. The minimum absolute atomic E-state index is 0.0451. The third kappa shape index (κ3) is 10.0. The molecule has 0 atom stereocenters. The van der Waals surface area contributed by atoms with E-state index in [2.05, 4.69) is 54.1 Å². The fourth-order valence-corrected chi connectivity index (χ4v) is 2.73. The average molecular weight is 358 g/mol. The van der Waals surface area contributed by atoms with Crippen LogP contribution in [0.25, 0.3) is 0 Å². The van der Waals surface area contributed by atoms with Crippen LogP contribution in [0.5, 0.6) is 0 Å². The van der Waals surface area contributed by atoms with Crippen LogP contribution in [0.2, 0.25) is 0 Å². The molecule has 0 bridgehead atoms. The van der Waals surface area contributed by atoms with Gasteiger partial charge in [-0.2, -0.15) is 12.6 Å². The molecule has 24 heavy (non-hydrogen) atoms. The quantitative estimate of drug-likeness (QED) is 0.600. The second-order valence-electron chi connectivity index (χ2n) is 4.83. The van der Waals surface area contributed by atoms with Gasteiger partial charge in [-0.3, -0.25) is 4.79 Å². The molecule has 2 aromatic carbocycles. The lowest BCUT2D eigenvalue weighted by Gasteiger charge is -2.02. The molecule has 1 N–H and O–H groups in total. The van der Waals surface area contributed by atoms with Crippen molar-refractivity contribution in [2.75, 3.05) is 12.3 Å². The summed E-state index contributed by atoms with van der Waals surface area (Å²) < 4.78 is 0. The van der Waals surface area contributed by atoms with E-state index in [0.717, 1.165) is 11.5 Å². The molecule has 2 rings (SSSR count). The van der Waals surface area contributed by atoms with Crippen LogP contribution < -0.4 is 5.32 Å². The first-order chi connectivity index (χ1) is 11.8. The minimum atomic E-state index is 0.0451. The minimum Gasteiger partial charge on any atom is -0.344 e. The van der Waals surface area contributed by atoms with Crippen molar-refractivity contribution < 1.29 is 4.79 Å². The van der Waals surface area contributed by atoms with E-state index in [4.69, 9.17) is 0 Å². The van der Waals surface area contributed by atoms with E-state index >= 15 is 0 Å². The van der Waals surface area contributed by atoms with Crippen LogP contribution in [0.4, 0.5) is 0 Å². The smallest absolute Gasteiger partial charge is 0.230 e. The highest BCUT2D eigenvalue weighted by molar-refractivity contribution is 7.99. The summed E-state index contributed by atoms with van der Waals surface area (Å²) in [5, 5.41) is 2.74. The molecule has 2 nitrogen and oxygen atoms in total. The normalized spacial score (nSPS) is 9.08. The number of thiol groups is 1. The van der Waals surface area contributed by atoms with E-state index in [-0.39, 0.29) is 5.91 Å². The lowest BCUT2D eigenvalue weighted by Crippen LogP contribution is -2.25. The van der Waals surface area contributed by atoms with Crippen molar-refractivity contribution in [3.05, 3.63) is 71.8 Å². The summed E-state index contributed by atoms with van der Waals surface area (Å²) in [6.07, 6.45) is 0. The molecule has 0 radical (unpaired) electrons. The van der Waals surface area contributed by atoms with Gasteiger partial charge < -0.3 is 5.32 Å². The summed E-state index contributed by atoms with van der Waals surface area (Å²) >= 11 is 5.72. The zero-order valence-electron chi connectivity index (χ0n) is 13.9. The maximum absolute atomic E-state index is 11.3. The second kappa shape index (κ2) is 13.6. The molecule has 126 valence electrons. The highest BCUT2D eigenvalue weighted by atomic mass is 32.2. The van der Waals surface area contributed by atoms with Gasteiger partial charge in [0.15, 0.2) is 0 Å². The van der Waals surface area contributed by atoms with Gasteiger partial charge in [0.05, 0.1) is 12.3 Å². The number of carbonyl (C=O) groups is 1. The van der Waals surface area contributed by atoms with Gasteiger partial charge in [-0.25, -0.2) is 0 Å². The number of benzene rings is 2. The summed E-state index contributed by atoms with van der Waals surface area (Å²) in [5.74, 6) is 7.76. The van der Waals surface area contributed by atoms with E-state index in [9.17, 15) is 4.79 Å². The third-order valence-electron chi connectivity index (χ3n) is 2.92. The number of nitrogens with one attached hydrogen (secondary N) is 1. The van der Waals surface area contributed by atoms with E-state index in [0.29, 0.717) is 12.3 Å². The topological polar surface area (TPSA) is 29.1 Å². The largest absolute Gasteiger partial charge is 0.344 e. The molecule has 0 aliphatic rings. The van der Waals surface area contributed by atoms with Crippen molar-refractivity contribution in [2.45, 2.75) is 18.4 Å². The van der Waals surface area contributed by atoms with Gasteiger partial charge in [0.25, 0.3) is 0 Å². The molecule has 0 saturated carbocycles. The van der Waals surface area contributed by atoms with Crippen LogP contribution in [0.15, 0.2) is 60.7 Å². The van der Waals surface area contributed by atoms with Crippen LogP contribution in [0.1, 0.15) is 18.1 Å². The SMILES string of the molecule is CC#CCNC(=O)CSCc1ccccc1.SCc1ccccc1. The van der Waals surface area contributed by atoms with E-state index in [1.165, 1.54) is 11.1 Å². The van der Waals surface area contributed by atoms with Crippen molar-refractivity contribution in [1.29, 1.82) is 0 Å². The van der Waals surface area contributed by atoms with Gasteiger partial charge in [-0.1, -0.05) is 66.6 Å². The van der Waals surface area contributed by atoms with E-state index < -0.39 is 0 Å². The Morgan fingerprint density at radius 2 is 1.62 bits per heavy atom. The Labute approximate surface area is 154 Å². The number of carbonyl (C=O) groups excluding carboxylic acids is 1. The molecule has 0 fully saturated rings. The number of rotatable bonds is 6. The summed E-state index contributed by atoms with van der Waals surface area (Å²) in [6.45, 7) is 2.21. The van der Waals surface area contributed by atoms with Gasteiger partial charge in [-0.15, -0.1) is 17.7 Å². The fraction of sp³-hybridized carbons (Fsp3) is 0.250. The Kier molecular flexibility index (Phi) is 11.5. The first-order valence-corrected chi connectivity index (χ1v) is 9.47. The van der Waals surface area contributed by atoms with Crippen molar-refractivity contribution in [3.63, 3.8) is 0 Å². The molecule has 1 amide bonds. The van der Waals surface area contributed by atoms with Gasteiger partial charge >= 0.3 is 0 Å². The highest BCUT2D eigenvalue weighted by Gasteiger charge is 1.99. The van der Waals surface area contributed by atoms with E-state index in [1.807, 2.05) is 36.4 Å². The molecule has 0 unspecified atom stereocenters. The Bertz CT molecular complexity index is 633. The predicted octanol–water partition coefficient (Wildman–Crippen LogP) is 4.18. The molecule has 2 aromatic rings. The summed E-state index contributed by atoms with van der Waals surface area (Å²) in [6, 6.07) is 20.3. The highest BCUT2D eigenvalue weighted by Crippen LogP contribution is 2.10. The lowest BCUT2D eigenvalue weighted by atomic mass is 10.2. The number of hydrogen-bond donors (Lipinski definition) is 2. The zero-order valence-corrected chi connectivity index (χ0v) is 15.6. The summed E-state index contributed by atoms with van der Waals surface area (Å²) in [5.41, 5.74) is 2.52. The van der Waals surface area contributed by atoms with Crippen molar-refractivity contribution in [1.82, 2.24) is 5.32 Å². The summed E-state index contributed by atoms with van der Waals surface area (Å²) in [4.78, 5) is 11.3. The standard InChI is InChI=1S/C13H15NOS.C7H8S/c1-2-3-9-14-13(15)11-16-10-12-7-5-4-6-8-12;8-6-7-4-2-1-3-5-7/h4-8H,9-11H2,1H3,(H,14,15);1-5,8H,6H2. The Balaban J connectivity index is 0.000000300. The van der Waals surface area contributed by atoms with E-state index in [1.54, 1.807) is 18.7 Å². The Hall–Kier alpha value is -1.83. The number of hydrogen-bond acceptors (Lipinski definition) is 3. The van der Waals surface area contributed by atoms with Crippen LogP contribution in [0, 0.1) is 11.8 Å². The number of amides is 1. The van der Waals surface area contributed by atoms with Crippen molar-refractivity contribution in [2.24, 2.45) is 0 Å². The molecule has 0 heterocycles. The number of thioether (sulfide) groups is 1. The van der Waals surface area contributed by atoms with Gasteiger partial charge in [0.1, 0.15) is 0 Å². The summed E-state index contributed by atoms with van der Waals surface area (Å²) in [7, 11) is 0. The van der Waals surface area contributed by atoms with Crippen LogP contribution in [0.3, 0.4) is 0 Å². The fourth-order valence-electron chi connectivity index (χ4n) is 1.70. The van der Waals surface area contributed by atoms with Crippen molar-refractivity contribution >= 4 is 30.3 Å². The molecule has 0 saturated heterocycles. The lowest BCUT2D eigenvalue weighted by molar-refractivity contribution is -0.118. The van der Waals surface area contributed by atoms with Gasteiger partial charge in [0, 0.05) is 11.5 Å².